The van der Waals surface area contributed by atoms with Gasteiger partial charge in [-0.15, -0.1) is 5.53 Å². The molecule has 0 bridgehead atoms. The number of ketones is 1. The number of carbonyl (C=O) groups is 1. The van der Waals surface area contributed by atoms with Crippen molar-refractivity contribution in [1.82, 2.24) is 16.0 Å². The molecular formula is C6H11N3O. The summed E-state index contributed by atoms with van der Waals surface area (Å²) in [6, 6.07) is 0. The summed E-state index contributed by atoms with van der Waals surface area (Å²) in [5.74, 6) is 0.122. The van der Waals surface area contributed by atoms with Gasteiger partial charge in [-0.2, -0.15) is 0 Å². The van der Waals surface area contributed by atoms with Crippen LogP contribution in [0.5, 0.6) is 0 Å². The van der Waals surface area contributed by atoms with Gasteiger partial charge in [-0.3, -0.25) is 15.2 Å². The van der Waals surface area contributed by atoms with Gasteiger partial charge in [0.15, 0.2) is 5.78 Å². The summed E-state index contributed by atoms with van der Waals surface area (Å²) < 4.78 is 0. The van der Waals surface area contributed by atoms with Crippen LogP contribution in [0.25, 0.3) is 0 Å². The Balaban J connectivity index is 2.57. The molecule has 0 radical (unpaired) electrons. The lowest BCUT2D eigenvalue weighted by Crippen LogP contribution is -2.34. The first-order chi connectivity index (χ1) is 4.74. The molecule has 56 valence electrons. The van der Waals surface area contributed by atoms with Gasteiger partial charge in [0.2, 0.25) is 0 Å². The minimum Gasteiger partial charge on any atom is -0.299 e. The van der Waals surface area contributed by atoms with E-state index in [0.717, 1.165) is 0 Å². The summed E-state index contributed by atoms with van der Waals surface area (Å²) in [6.45, 7) is 1.84. The summed E-state index contributed by atoms with van der Waals surface area (Å²) in [7, 11) is 1.82. The zero-order valence-electron chi connectivity index (χ0n) is 6.14. The number of Topliss-reactive ketones (excluding diaryl/α,β-unsaturated/α-hetero) is 1. The molecule has 0 unspecified atom stereocenters. The van der Waals surface area contributed by atoms with Crippen LogP contribution in [0.2, 0.25) is 0 Å². The van der Waals surface area contributed by atoms with Gasteiger partial charge in [0.25, 0.3) is 0 Å². The SMILES string of the molecule is CCC(=O)C1=CN(C)NN1. The molecule has 10 heavy (non-hydrogen) atoms. The van der Waals surface area contributed by atoms with Crippen molar-refractivity contribution < 1.29 is 4.79 Å². The molecule has 0 spiro atoms. The molecule has 1 aliphatic heterocycles. The Kier molecular flexibility index (Phi) is 1.91. The van der Waals surface area contributed by atoms with Crippen molar-refractivity contribution in [1.29, 1.82) is 0 Å². The molecule has 4 nitrogen and oxygen atoms in total. The van der Waals surface area contributed by atoms with E-state index in [1.165, 1.54) is 0 Å². The van der Waals surface area contributed by atoms with E-state index >= 15 is 0 Å². The predicted molar refractivity (Wildman–Crippen MR) is 37.4 cm³/mol. The molecule has 4 heteroatoms. The van der Waals surface area contributed by atoms with Crippen LogP contribution in [0, 0.1) is 0 Å². The number of nitrogens with one attached hydrogen (secondary N) is 2. The zero-order chi connectivity index (χ0) is 7.56. The molecule has 2 N–H and O–H groups in total. The first kappa shape index (κ1) is 7.08. The number of carbonyl (C=O) groups excluding carboxylic acids is 1. The van der Waals surface area contributed by atoms with E-state index in [1.807, 2.05) is 14.0 Å². The van der Waals surface area contributed by atoms with Gasteiger partial charge >= 0.3 is 0 Å². The van der Waals surface area contributed by atoms with E-state index in [0.29, 0.717) is 12.1 Å². The largest absolute Gasteiger partial charge is 0.299 e. The average molecular weight is 141 g/mol. The molecule has 0 fully saturated rings. The van der Waals surface area contributed by atoms with Crippen LogP contribution in [-0.4, -0.2) is 17.8 Å². The molecule has 0 saturated heterocycles. The van der Waals surface area contributed by atoms with Gasteiger partial charge in [-0.05, 0) is 0 Å². The number of hydrogen-bond acceptors (Lipinski definition) is 4. The van der Waals surface area contributed by atoms with Crippen molar-refractivity contribution in [3.63, 3.8) is 0 Å². The van der Waals surface area contributed by atoms with Crippen LogP contribution < -0.4 is 11.0 Å². The maximum Gasteiger partial charge on any atom is 0.181 e. The van der Waals surface area contributed by atoms with Gasteiger partial charge in [0, 0.05) is 19.7 Å². The number of nitrogens with zero attached hydrogens (tertiary/aromatic N) is 1. The Morgan fingerprint density at radius 1 is 1.80 bits per heavy atom. The monoisotopic (exact) mass is 141 g/mol. The summed E-state index contributed by atoms with van der Waals surface area (Å²) in [6.07, 6.45) is 2.26. The summed E-state index contributed by atoms with van der Waals surface area (Å²) in [5.41, 5.74) is 6.13. The lowest BCUT2D eigenvalue weighted by molar-refractivity contribution is -0.115. The van der Waals surface area contributed by atoms with Crippen molar-refractivity contribution in [3.05, 3.63) is 11.9 Å². The fourth-order valence-electron chi connectivity index (χ4n) is 0.739. The van der Waals surface area contributed by atoms with Crippen molar-refractivity contribution >= 4 is 5.78 Å². The first-order valence-electron chi connectivity index (χ1n) is 3.23. The maximum atomic E-state index is 11.0. The van der Waals surface area contributed by atoms with Crippen molar-refractivity contribution in [2.45, 2.75) is 13.3 Å². The molecule has 1 rings (SSSR count). The van der Waals surface area contributed by atoms with Gasteiger partial charge in [0.1, 0.15) is 5.70 Å². The van der Waals surface area contributed by atoms with E-state index in [4.69, 9.17) is 0 Å². The Labute approximate surface area is 59.8 Å². The van der Waals surface area contributed by atoms with Crippen LogP contribution in [0.1, 0.15) is 13.3 Å². The number of hydrogen-bond donors (Lipinski definition) is 2. The molecule has 1 heterocycles. The van der Waals surface area contributed by atoms with E-state index in [1.54, 1.807) is 11.2 Å². The van der Waals surface area contributed by atoms with E-state index in [-0.39, 0.29) is 5.78 Å². The van der Waals surface area contributed by atoms with Gasteiger partial charge in [0.05, 0.1) is 0 Å². The van der Waals surface area contributed by atoms with E-state index in [2.05, 4.69) is 11.0 Å². The second-order valence-corrected chi connectivity index (χ2v) is 2.17. The third kappa shape index (κ3) is 1.27. The molecule has 1 aliphatic rings. The highest BCUT2D eigenvalue weighted by Crippen LogP contribution is 1.99. The smallest absolute Gasteiger partial charge is 0.181 e. The molecule has 0 aromatic carbocycles. The zero-order valence-corrected chi connectivity index (χ0v) is 6.14. The van der Waals surface area contributed by atoms with Crippen LogP contribution in [0.3, 0.4) is 0 Å². The normalized spacial score (nSPS) is 16.6. The summed E-state index contributed by atoms with van der Waals surface area (Å²) in [4.78, 5) is 11.0. The fraction of sp³-hybridized carbons (Fsp3) is 0.500. The minimum absolute atomic E-state index is 0.122. The molecule has 0 atom stereocenters. The minimum atomic E-state index is 0.122. The van der Waals surface area contributed by atoms with Gasteiger partial charge in [-0.1, -0.05) is 6.92 Å². The topological polar surface area (TPSA) is 44.4 Å². The molecule has 0 amide bonds. The van der Waals surface area contributed by atoms with Crippen molar-refractivity contribution in [2.75, 3.05) is 7.05 Å². The third-order valence-corrected chi connectivity index (χ3v) is 1.31. The number of allylic oxidation sites excluding steroid dienone is 1. The Morgan fingerprint density at radius 3 is 2.90 bits per heavy atom. The second kappa shape index (κ2) is 2.70. The second-order valence-electron chi connectivity index (χ2n) is 2.17. The van der Waals surface area contributed by atoms with Crippen LogP contribution in [-0.2, 0) is 4.79 Å². The lowest BCUT2D eigenvalue weighted by Gasteiger charge is -2.04. The summed E-state index contributed by atoms with van der Waals surface area (Å²) in [5, 5.41) is 1.70. The van der Waals surface area contributed by atoms with Crippen molar-refractivity contribution in [2.24, 2.45) is 0 Å². The highest BCUT2D eigenvalue weighted by Gasteiger charge is 2.12. The Bertz CT molecular complexity index is 176. The molecular weight excluding hydrogens is 130 g/mol. The first-order valence-corrected chi connectivity index (χ1v) is 3.23. The summed E-state index contributed by atoms with van der Waals surface area (Å²) >= 11 is 0. The standard InChI is InChI=1S/C6H11N3O/c1-3-6(10)5-4-9(2)8-7-5/h4,7-8H,3H2,1-2H3. The number of rotatable bonds is 2. The van der Waals surface area contributed by atoms with E-state index in [9.17, 15) is 4.79 Å². The van der Waals surface area contributed by atoms with E-state index < -0.39 is 0 Å². The highest BCUT2D eigenvalue weighted by atomic mass is 16.1. The molecule has 0 saturated carbocycles. The van der Waals surface area contributed by atoms with Crippen molar-refractivity contribution in [3.8, 4) is 0 Å². The quantitative estimate of drug-likeness (QED) is 0.557. The van der Waals surface area contributed by atoms with Crippen LogP contribution in [0.4, 0.5) is 0 Å². The average Bonchev–Trinajstić information content (AvgIpc) is 2.34. The fourth-order valence-corrected chi connectivity index (χ4v) is 0.739. The Hall–Kier alpha value is -1.03. The number of hydrazine groups is 2. The third-order valence-electron chi connectivity index (χ3n) is 1.31. The lowest BCUT2D eigenvalue weighted by atomic mass is 10.2. The highest BCUT2D eigenvalue weighted by molar-refractivity contribution is 5.94. The predicted octanol–water partition coefficient (Wildman–Crippen LogP) is -0.239. The van der Waals surface area contributed by atoms with Crippen LogP contribution >= 0.6 is 0 Å². The molecule has 0 aromatic rings. The van der Waals surface area contributed by atoms with Gasteiger partial charge < -0.3 is 0 Å². The molecule has 0 aromatic heterocycles. The van der Waals surface area contributed by atoms with Gasteiger partial charge in [-0.25, -0.2) is 0 Å². The Morgan fingerprint density at radius 2 is 2.50 bits per heavy atom. The van der Waals surface area contributed by atoms with Crippen LogP contribution in [0.15, 0.2) is 11.9 Å². The maximum absolute atomic E-state index is 11.0. The molecule has 0 aliphatic carbocycles.